The first-order valence-electron chi connectivity index (χ1n) is 6.41. The highest BCUT2D eigenvalue weighted by atomic mass is 79.9. The predicted octanol–water partition coefficient (Wildman–Crippen LogP) is 3.91. The van der Waals surface area contributed by atoms with Gasteiger partial charge in [-0.1, -0.05) is 17.7 Å². The molecule has 0 aromatic heterocycles. The van der Waals surface area contributed by atoms with Gasteiger partial charge in [-0.05, 0) is 53.2 Å². The molecular formula is C16H15BrO4. The van der Waals surface area contributed by atoms with Crippen molar-refractivity contribution in [1.82, 2.24) is 0 Å². The van der Waals surface area contributed by atoms with E-state index in [1.54, 1.807) is 6.07 Å². The third-order valence-electron chi connectivity index (χ3n) is 2.81. The predicted molar refractivity (Wildman–Crippen MR) is 83.3 cm³/mol. The number of carbonyl (C=O) groups is 1. The molecule has 0 atom stereocenters. The highest BCUT2D eigenvalue weighted by molar-refractivity contribution is 9.10. The molecule has 0 radical (unpaired) electrons. The van der Waals surface area contributed by atoms with Crippen LogP contribution in [-0.2, 0) is 0 Å². The van der Waals surface area contributed by atoms with Crippen LogP contribution in [0, 0.1) is 6.92 Å². The lowest BCUT2D eigenvalue weighted by Gasteiger charge is -2.10. The van der Waals surface area contributed by atoms with Crippen molar-refractivity contribution in [2.45, 2.75) is 6.92 Å². The maximum Gasteiger partial charge on any atom is 0.335 e. The Morgan fingerprint density at radius 3 is 2.38 bits per heavy atom. The molecule has 21 heavy (non-hydrogen) atoms. The van der Waals surface area contributed by atoms with Crippen molar-refractivity contribution in [2.75, 3.05) is 13.2 Å². The molecule has 1 N–H and O–H groups in total. The number of benzene rings is 2. The SMILES string of the molecule is Cc1ccc(OCCOc2ccc(C(=O)O)cc2Br)cc1. The molecule has 0 unspecified atom stereocenters. The molecule has 0 amide bonds. The molecule has 5 heteroatoms. The molecule has 0 aliphatic heterocycles. The van der Waals surface area contributed by atoms with Gasteiger partial charge in [0.15, 0.2) is 0 Å². The first-order valence-corrected chi connectivity index (χ1v) is 7.20. The molecule has 110 valence electrons. The number of rotatable bonds is 6. The highest BCUT2D eigenvalue weighted by Gasteiger charge is 2.07. The Morgan fingerprint density at radius 1 is 1.10 bits per heavy atom. The molecule has 0 bridgehead atoms. The van der Waals surface area contributed by atoms with Crippen LogP contribution >= 0.6 is 15.9 Å². The molecule has 2 aromatic carbocycles. The number of carboxylic acid groups (broad SMARTS) is 1. The highest BCUT2D eigenvalue weighted by Crippen LogP contribution is 2.26. The van der Waals surface area contributed by atoms with E-state index in [0.29, 0.717) is 23.4 Å². The summed E-state index contributed by atoms with van der Waals surface area (Å²) in [7, 11) is 0. The summed E-state index contributed by atoms with van der Waals surface area (Å²) in [5, 5.41) is 8.88. The summed E-state index contributed by atoms with van der Waals surface area (Å²) < 4.78 is 11.7. The molecule has 0 aliphatic carbocycles. The molecule has 0 heterocycles. The lowest BCUT2D eigenvalue weighted by Crippen LogP contribution is -2.09. The van der Waals surface area contributed by atoms with Gasteiger partial charge >= 0.3 is 5.97 Å². The molecule has 0 fully saturated rings. The molecule has 0 spiro atoms. The summed E-state index contributed by atoms with van der Waals surface area (Å²) in [5.74, 6) is 0.418. The van der Waals surface area contributed by atoms with Gasteiger partial charge in [0.05, 0.1) is 10.0 Å². The van der Waals surface area contributed by atoms with Gasteiger partial charge in [0, 0.05) is 0 Å². The molecule has 4 nitrogen and oxygen atoms in total. The number of ether oxygens (including phenoxy) is 2. The van der Waals surface area contributed by atoms with Crippen molar-refractivity contribution in [2.24, 2.45) is 0 Å². The van der Waals surface area contributed by atoms with E-state index in [1.165, 1.54) is 17.7 Å². The fourth-order valence-corrected chi connectivity index (χ4v) is 2.19. The van der Waals surface area contributed by atoms with Crippen LogP contribution in [0.15, 0.2) is 46.9 Å². The van der Waals surface area contributed by atoms with E-state index in [9.17, 15) is 4.79 Å². The second kappa shape index (κ2) is 7.13. The summed E-state index contributed by atoms with van der Waals surface area (Å²) >= 11 is 3.29. The van der Waals surface area contributed by atoms with Gasteiger partial charge in [-0.3, -0.25) is 0 Å². The summed E-state index contributed by atoms with van der Waals surface area (Å²) in [6, 6.07) is 12.4. The number of halogens is 1. The van der Waals surface area contributed by atoms with E-state index in [4.69, 9.17) is 14.6 Å². The van der Waals surface area contributed by atoms with Crippen LogP contribution in [0.4, 0.5) is 0 Å². The molecule has 0 saturated heterocycles. The van der Waals surface area contributed by atoms with Crippen LogP contribution < -0.4 is 9.47 Å². The first kappa shape index (κ1) is 15.4. The Labute approximate surface area is 131 Å². The van der Waals surface area contributed by atoms with Crippen LogP contribution in [0.3, 0.4) is 0 Å². The smallest absolute Gasteiger partial charge is 0.335 e. The van der Waals surface area contributed by atoms with Crippen LogP contribution in [-0.4, -0.2) is 24.3 Å². The Kier molecular flexibility index (Phi) is 5.22. The molecular weight excluding hydrogens is 336 g/mol. The largest absolute Gasteiger partial charge is 0.490 e. The van der Waals surface area contributed by atoms with E-state index >= 15 is 0 Å². The van der Waals surface area contributed by atoms with Gasteiger partial charge in [0.2, 0.25) is 0 Å². The zero-order valence-electron chi connectivity index (χ0n) is 11.5. The van der Waals surface area contributed by atoms with Crippen molar-refractivity contribution in [3.8, 4) is 11.5 Å². The normalized spacial score (nSPS) is 10.2. The Hall–Kier alpha value is -2.01. The molecule has 0 aliphatic rings. The molecule has 2 rings (SSSR count). The van der Waals surface area contributed by atoms with Crippen LogP contribution in [0.2, 0.25) is 0 Å². The number of hydrogen-bond acceptors (Lipinski definition) is 3. The minimum Gasteiger partial charge on any atom is -0.490 e. The van der Waals surface area contributed by atoms with E-state index < -0.39 is 5.97 Å². The summed E-state index contributed by atoms with van der Waals surface area (Å²) in [4.78, 5) is 10.8. The molecule has 0 saturated carbocycles. The summed E-state index contributed by atoms with van der Waals surface area (Å²) in [6.45, 7) is 2.81. The number of carboxylic acids is 1. The minimum atomic E-state index is -0.968. The first-order chi connectivity index (χ1) is 10.1. The van der Waals surface area contributed by atoms with E-state index in [0.717, 1.165) is 5.75 Å². The van der Waals surface area contributed by atoms with Gasteiger partial charge in [-0.15, -0.1) is 0 Å². The lowest BCUT2D eigenvalue weighted by molar-refractivity contribution is 0.0696. The van der Waals surface area contributed by atoms with Crippen molar-refractivity contribution in [3.63, 3.8) is 0 Å². The maximum atomic E-state index is 10.8. The third kappa shape index (κ3) is 4.49. The average Bonchev–Trinajstić information content (AvgIpc) is 2.46. The van der Waals surface area contributed by atoms with Crippen molar-refractivity contribution in [1.29, 1.82) is 0 Å². The van der Waals surface area contributed by atoms with Crippen LogP contribution in [0.5, 0.6) is 11.5 Å². The quantitative estimate of drug-likeness (QED) is 0.802. The van der Waals surface area contributed by atoms with Gasteiger partial charge in [0.1, 0.15) is 24.7 Å². The molecule has 2 aromatic rings. The standard InChI is InChI=1S/C16H15BrO4/c1-11-2-5-13(6-3-11)20-8-9-21-15-7-4-12(16(18)19)10-14(15)17/h2-7,10H,8-9H2,1H3,(H,18,19). The second-order valence-electron chi connectivity index (χ2n) is 4.46. The maximum absolute atomic E-state index is 10.8. The second-order valence-corrected chi connectivity index (χ2v) is 5.31. The summed E-state index contributed by atoms with van der Waals surface area (Å²) in [5.41, 5.74) is 1.39. The van der Waals surface area contributed by atoms with Crippen molar-refractivity contribution in [3.05, 3.63) is 58.1 Å². The van der Waals surface area contributed by atoms with Gasteiger partial charge < -0.3 is 14.6 Å². The zero-order chi connectivity index (χ0) is 15.2. The van der Waals surface area contributed by atoms with Crippen LogP contribution in [0.1, 0.15) is 15.9 Å². The summed E-state index contributed by atoms with van der Waals surface area (Å²) in [6.07, 6.45) is 0. The monoisotopic (exact) mass is 350 g/mol. The van der Waals surface area contributed by atoms with E-state index in [-0.39, 0.29) is 5.56 Å². The number of aromatic carboxylic acids is 1. The van der Waals surface area contributed by atoms with E-state index in [1.807, 2.05) is 31.2 Å². The topological polar surface area (TPSA) is 55.8 Å². The lowest BCUT2D eigenvalue weighted by atomic mass is 10.2. The fourth-order valence-electron chi connectivity index (χ4n) is 1.70. The number of aryl methyl sites for hydroxylation is 1. The van der Waals surface area contributed by atoms with Crippen LogP contribution in [0.25, 0.3) is 0 Å². The minimum absolute atomic E-state index is 0.213. The number of hydrogen-bond donors (Lipinski definition) is 1. The van der Waals surface area contributed by atoms with Gasteiger partial charge in [0.25, 0.3) is 0 Å². The Morgan fingerprint density at radius 2 is 1.76 bits per heavy atom. The van der Waals surface area contributed by atoms with Crippen molar-refractivity contribution >= 4 is 21.9 Å². The van der Waals surface area contributed by atoms with Gasteiger partial charge in [-0.2, -0.15) is 0 Å². The third-order valence-corrected chi connectivity index (χ3v) is 3.43. The Bertz CT molecular complexity index is 623. The van der Waals surface area contributed by atoms with E-state index in [2.05, 4.69) is 15.9 Å². The zero-order valence-corrected chi connectivity index (χ0v) is 13.1. The Balaban J connectivity index is 1.83. The fraction of sp³-hybridized carbons (Fsp3) is 0.188. The van der Waals surface area contributed by atoms with Crippen molar-refractivity contribution < 1.29 is 19.4 Å². The van der Waals surface area contributed by atoms with Gasteiger partial charge in [-0.25, -0.2) is 4.79 Å². The average molecular weight is 351 g/mol.